The normalized spacial score (nSPS) is 32.2. The second kappa shape index (κ2) is 3.73. The molecule has 1 aliphatic carbocycles. The number of likely N-dealkylation sites (tertiary alicyclic amines) is 1. The van der Waals surface area contributed by atoms with Gasteiger partial charge in [-0.3, -0.25) is 9.59 Å². The number of rotatable bonds is 2. The fourth-order valence-corrected chi connectivity index (χ4v) is 2.26. The molecule has 5 nitrogen and oxygen atoms in total. The second-order valence-corrected chi connectivity index (χ2v) is 5.14. The summed E-state index contributed by atoms with van der Waals surface area (Å²) in [6.07, 6.45) is 3.12. The number of primary amides is 1. The van der Waals surface area contributed by atoms with Crippen LogP contribution in [0, 0.1) is 5.92 Å². The van der Waals surface area contributed by atoms with E-state index in [9.17, 15) is 9.59 Å². The molecule has 90 valence electrons. The van der Waals surface area contributed by atoms with E-state index in [2.05, 4.69) is 0 Å². The van der Waals surface area contributed by atoms with E-state index in [0.717, 1.165) is 25.7 Å². The molecule has 5 heteroatoms. The van der Waals surface area contributed by atoms with Crippen molar-refractivity contribution in [2.45, 2.75) is 44.2 Å². The molecule has 2 rings (SSSR count). The molecule has 0 bridgehead atoms. The van der Waals surface area contributed by atoms with Gasteiger partial charge in [-0.1, -0.05) is 0 Å². The topological polar surface area (TPSA) is 89.4 Å². The maximum atomic E-state index is 12.1. The Morgan fingerprint density at radius 2 is 1.94 bits per heavy atom. The third-order valence-electron chi connectivity index (χ3n) is 3.76. The molecule has 0 aromatic heterocycles. The lowest BCUT2D eigenvalue weighted by Crippen LogP contribution is -2.54. The Kier molecular flexibility index (Phi) is 2.66. The van der Waals surface area contributed by atoms with E-state index in [0.29, 0.717) is 6.54 Å². The van der Waals surface area contributed by atoms with Gasteiger partial charge in [0.05, 0.1) is 11.5 Å². The first-order valence-corrected chi connectivity index (χ1v) is 5.83. The fraction of sp³-hybridized carbons (Fsp3) is 0.818. The Morgan fingerprint density at radius 3 is 2.44 bits per heavy atom. The van der Waals surface area contributed by atoms with Gasteiger partial charge in [0.2, 0.25) is 11.8 Å². The molecular formula is C11H19N3O2. The highest BCUT2D eigenvalue weighted by atomic mass is 16.2. The van der Waals surface area contributed by atoms with Crippen molar-refractivity contribution in [2.24, 2.45) is 17.4 Å². The van der Waals surface area contributed by atoms with Gasteiger partial charge in [0.15, 0.2) is 0 Å². The maximum absolute atomic E-state index is 12.1. The largest absolute Gasteiger partial charge is 0.369 e. The average Bonchev–Trinajstić information content (AvgIpc) is 2.97. The highest BCUT2D eigenvalue weighted by Gasteiger charge is 2.50. The highest BCUT2D eigenvalue weighted by molar-refractivity contribution is 5.90. The van der Waals surface area contributed by atoms with Gasteiger partial charge >= 0.3 is 0 Å². The molecule has 2 amide bonds. The number of amides is 2. The SMILES string of the molecule is CC1CCC(C(N)=O)CN1C(=O)C1(N)CC1. The Hall–Kier alpha value is -1.10. The Morgan fingerprint density at radius 1 is 1.31 bits per heavy atom. The second-order valence-electron chi connectivity index (χ2n) is 5.14. The summed E-state index contributed by atoms with van der Waals surface area (Å²) in [5.74, 6) is -0.528. The van der Waals surface area contributed by atoms with Crippen LogP contribution in [0.25, 0.3) is 0 Å². The number of carbonyl (C=O) groups excluding carboxylic acids is 2. The molecule has 2 unspecified atom stereocenters. The van der Waals surface area contributed by atoms with E-state index >= 15 is 0 Å². The van der Waals surface area contributed by atoms with Crippen LogP contribution in [-0.4, -0.2) is 34.8 Å². The molecule has 0 radical (unpaired) electrons. The van der Waals surface area contributed by atoms with Crippen molar-refractivity contribution in [1.29, 1.82) is 0 Å². The van der Waals surface area contributed by atoms with Crippen molar-refractivity contribution in [3.63, 3.8) is 0 Å². The summed E-state index contributed by atoms with van der Waals surface area (Å²) >= 11 is 0. The van der Waals surface area contributed by atoms with Gasteiger partial charge < -0.3 is 16.4 Å². The van der Waals surface area contributed by atoms with Crippen LogP contribution in [0.3, 0.4) is 0 Å². The van der Waals surface area contributed by atoms with Gasteiger partial charge in [-0.2, -0.15) is 0 Å². The summed E-state index contributed by atoms with van der Waals surface area (Å²) in [5, 5.41) is 0. The van der Waals surface area contributed by atoms with Gasteiger partial charge in [0.1, 0.15) is 0 Å². The first kappa shape index (κ1) is 11.4. The van der Waals surface area contributed by atoms with Gasteiger partial charge in [0.25, 0.3) is 0 Å². The van der Waals surface area contributed by atoms with E-state index < -0.39 is 5.54 Å². The molecule has 1 saturated carbocycles. The standard InChI is InChI=1S/C11H19N3O2/c1-7-2-3-8(9(12)15)6-14(7)10(16)11(13)4-5-11/h7-8H,2-6,13H2,1H3,(H2,12,15). The zero-order valence-electron chi connectivity index (χ0n) is 9.61. The molecule has 16 heavy (non-hydrogen) atoms. The molecule has 2 atom stereocenters. The predicted octanol–water partition coefficient (Wildman–Crippen LogP) is -0.410. The summed E-state index contributed by atoms with van der Waals surface area (Å²) in [4.78, 5) is 25.0. The Balaban J connectivity index is 2.06. The molecule has 0 aromatic carbocycles. The van der Waals surface area contributed by atoms with Crippen LogP contribution >= 0.6 is 0 Å². The molecule has 2 aliphatic rings. The molecule has 1 aliphatic heterocycles. The molecule has 1 heterocycles. The Labute approximate surface area is 95.1 Å². The zero-order valence-corrected chi connectivity index (χ0v) is 9.61. The highest BCUT2D eigenvalue weighted by Crippen LogP contribution is 2.36. The van der Waals surface area contributed by atoms with Crippen molar-refractivity contribution in [3.8, 4) is 0 Å². The number of piperidine rings is 1. The van der Waals surface area contributed by atoms with Crippen LogP contribution in [-0.2, 0) is 9.59 Å². The number of hydrogen-bond donors (Lipinski definition) is 2. The van der Waals surface area contributed by atoms with Crippen molar-refractivity contribution in [3.05, 3.63) is 0 Å². The number of hydrogen-bond acceptors (Lipinski definition) is 3. The number of nitrogens with two attached hydrogens (primary N) is 2. The minimum absolute atomic E-state index is 0.00838. The smallest absolute Gasteiger partial charge is 0.242 e. The molecule has 0 aromatic rings. The van der Waals surface area contributed by atoms with Gasteiger partial charge in [0, 0.05) is 12.6 Å². The summed E-state index contributed by atoms with van der Waals surface area (Å²) in [5.41, 5.74) is 10.5. The summed E-state index contributed by atoms with van der Waals surface area (Å²) < 4.78 is 0. The van der Waals surface area contributed by atoms with E-state index in [1.54, 1.807) is 4.90 Å². The van der Waals surface area contributed by atoms with E-state index in [1.165, 1.54) is 0 Å². The minimum Gasteiger partial charge on any atom is -0.369 e. The van der Waals surface area contributed by atoms with Crippen LogP contribution in [0.4, 0.5) is 0 Å². The van der Waals surface area contributed by atoms with Crippen LogP contribution in [0.5, 0.6) is 0 Å². The minimum atomic E-state index is -0.645. The van der Waals surface area contributed by atoms with Crippen LogP contribution < -0.4 is 11.5 Å². The quantitative estimate of drug-likeness (QED) is 0.669. The molecular weight excluding hydrogens is 206 g/mol. The maximum Gasteiger partial charge on any atom is 0.242 e. The third kappa shape index (κ3) is 1.91. The predicted molar refractivity (Wildman–Crippen MR) is 59.2 cm³/mol. The third-order valence-corrected chi connectivity index (χ3v) is 3.76. The molecule has 4 N–H and O–H groups in total. The summed E-state index contributed by atoms with van der Waals surface area (Å²) in [6.45, 7) is 2.44. The van der Waals surface area contributed by atoms with E-state index in [4.69, 9.17) is 11.5 Å². The molecule has 0 spiro atoms. The fourth-order valence-electron chi connectivity index (χ4n) is 2.26. The molecule has 2 fully saturated rings. The molecule has 1 saturated heterocycles. The van der Waals surface area contributed by atoms with Crippen LogP contribution in [0.2, 0.25) is 0 Å². The van der Waals surface area contributed by atoms with Gasteiger partial charge in [-0.05, 0) is 32.6 Å². The van der Waals surface area contributed by atoms with Crippen molar-refractivity contribution >= 4 is 11.8 Å². The lowest BCUT2D eigenvalue weighted by Gasteiger charge is -2.38. The zero-order chi connectivity index (χ0) is 11.9. The number of nitrogens with zero attached hydrogens (tertiary/aromatic N) is 1. The van der Waals surface area contributed by atoms with Gasteiger partial charge in [-0.25, -0.2) is 0 Å². The van der Waals surface area contributed by atoms with Crippen molar-refractivity contribution < 1.29 is 9.59 Å². The van der Waals surface area contributed by atoms with Crippen molar-refractivity contribution in [1.82, 2.24) is 4.90 Å². The van der Waals surface area contributed by atoms with Crippen LogP contribution in [0.1, 0.15) is 32.6 Å². The van der Waals surface area contributed by atoms with Crippen molar-refractivity contribution in [2.75, 3.05) is 6.54 Å². The van der Waals surface area contributed by atoms with Gasteiger partial charge in [-0.15, -0.1) is 0 Å². The lowest BCUT2D eigenvalue weighted by atomic mass is 9.92. The summed E-state index contributed by atoms with van der Waals surface area (Å²) in [7, 11) is 0. The summed E-state index contributed by atoms with van der Waals surface area (Å²) in [6, 6.07) is 0.170. The van der Waals surface area contributed by atoms with E-state index in [1.807, 2.05) is 6.92 Å². The average molecular weight is 225 g/mol. The Bertz CT molecular complexity index is 325. The van der Waals surface area contributed by atoms with Crippen LogP contribution in [0.15, 0.2) is 0 Å². The number of carbonyl (C=O) groups is 2. The lowest BCUT2D eigenvalue weighted by molar-refractivity contribution is -0.139. The monoisotopic (exact) mass is 225 g/mol. The first-order chi connectivity index (χ1) is 7.44. The van der Waals surface area contributed by atoms with E-state index in [-0.39, 0.29) is 23.8 Å². The first-order valence-electron chi connectivity index (χ1n) is 5.83.